The van der Waals surface area contributed by atoms with Gasteiger partial charge in [-0.1, -0.05) is 0 Å². The van der Waals surface area contributed by atoms with Gasteiger partial charge in [-0.05, 0) is 51.4 Å². The third kappa shape index (κ3) is 3.56. The molecule has 0 radical (unpaired) electrons. The van der Waals surface area contributed by atoms with E-state index < -0.39 is 17.0 Å². The Balaban J connectivity index is 2.82. The summed E-state index contributed by atoms with van der Waals surface area (Å²) in [5.74, 6) is -0.464. The van der Waals surface area contributed by atoms with Crippen molar-refractivity contribution in [3.05, 3.63) is 29.6 Å². The largest absolute Gasteiger partial charge is 0.427 e. The van der Waals surface area contributed by atoms with Crippen molar-refractivity contribution in [3.63, 3.8) is 0 Å². The molecule has 0 aliphatic rings. The van der Waals surface area contributed by atoms with Crippen LogP contribution in [0.3, 0.4) is 0 Å². The predicted molar refractivity (Wildman–Crippen MR) is 69.4 cm³/mol. The summed E-state index contributed by atoms with van der Waals surface area (Å²) in [6.07, 6.45) is 0. The maximum atomic E-state index is 13.2. The third-order valence-corrected chi connectivity index (χ3v) is 3.16. The first-order valence-electron chi connectivity index (χ1n) is 5.71. The number of hydrogen-bond donors (Lipinski definition) is 1. The third-order valence-electron chi connectivity index (χ3n) is 3.16. The summed E-state index contributed by atoms with van der Waals surface area (Å²) in [6, 6.07) is 5.96. The summed E-state index contributed by atoms with van der Waals surface area (Å²) in [4.78, 5) is 0. The minimum Gasteiger partial charge on any atom is -0.427 e. The fourth-order valence-corrected chi connectivity index (χ4v) is 1.24. The lowest BCUT2D eigenvalue weighted by molar-refractivity contribution is -0.0893. The number of rotatable bonds is 4. The van der Waals surface area contributed by atoms with Crippen LogP contribution >= 0.6 is 0 Å². The van der Waals surface area contributed by atoms with Gasteiger partial charge in [0.1, 0.15) is 5.82 Å². The Kier molecular flexibility index (Phi) is 4.15. The first-order chi connectivity index (χ1) is 8.15. The van der Waals surface area contributed by atoms with Crippen LogP contribution in [-0.4, -0.2) is 23.8 Å². The molecule has 0 fully saturated rings. The van der Waals surface area contributed by atoms with Crippen LogP contribution in [-0.2, 0) is 4.65 Å². The van der Waals surface area contributed by atoms with E-state index in [1.165, 1.54) is 12.1 Å². The van der Waals surface area contributed by atoms with Gasteiger partial charge in [0.25, 0.3) is 0 Å². The topological polar surface area (TPSA) is 53.2 Å². The molecule has 1 N–H and O–H groups in total. The van der Waals surface area contributed by atoms with Crippen LogP contribution in [0.15, 0.2) is 18.2 Å². The number of nitrogens with zero attached hydrogens (tertiary/aromatic N) is 1. The van der Waals surface area contributed by atoms with Gasteiger partial charge in [0.15, 0.2) is 0 Å². The van der Waals surface area contributed by atoms with Crippen molar-refractivity contribution in [1.29, 1.82) is 5.26 Å². The smallest absolute Gasteiger partial charge is 0.309 e. The molecule has 0 saturated heterocycles. The van der Waals surface area contributed by atoms with Gasteiger partial charge in [0, 0.05) is 0 Å². The van der Waals surface area contributed by atoms with E-state index in [1.807, 2.05) is 6.07 Å². The molecule has 0 amide bonds. The van der Waals surface area contributed by atoms with Gasteiger partial charge in [0.2, 0.25) is 0 Å². The number of aliphatic hydroxyl groups is 1. The summed E-state index contributed by atoms with van der Waals surface area (Å²) >= 11 is 0. The standard InChI is InChI=1S/C13H17BFNO2/c1-12(2,17)13(3,4)18-14-10-5-9(8-16)6-11(15)7-10/h5-7,14,17H,1-4H3. The van der Waals surface area contributed by atoms with Crippen LogP contribution in [0.5, 0.6) is 0 Å². The molecule has 0 heterocycles. The van der Waals surface area contributed by atoms with Crippen LogP contribution in [0.1, 0.15) is 33.3 Å². The Bertz CT molecular complexity index is 475. The lowest BCUT2D eigenvalue weighted by Crippen LogP contribution is -2.49. The van der Waals surface area contributed by atoms with Crippen molar-refractivity contribution in [2.24, 2.45) is 0 Å². The maximum Gasteiger partial charge on any atom is 0.309 e. The van der Waals surface area contributed by atoms with Crippen LogP contribution in [0.25, 0.3) is 0 Å². The minimum absolute atomic E-state index is 0.142. The average molecular weight is 249 g/mol. The van der Waals surface area contributed by atoms with Gasteiger partial charge in [-0.25, -0.2) is 4.39 Å². The van der Waals surface area contributed by atoms with E-state index >= 15 is 0 Å². The molecule has 0 unspecified atom stereocenters. The molecule has 3 nitrogen and oxygen atoms in total. The number of benzene rings is 1. The molecule has 0 spiro atoms. The molecule has 1 rings (SSSR count). The van der Waals surface area contributed by atoms with Crippen molar-refractivity contribution in [2.45, 2.75) is 38.9 Å². The van der Waals surface area contributed by atoms with E-state index in [9.17, 15) is 9.50 Å². The first kappa shape index (κ1) is 14.7. The second-order valence-electron chi connectivity index (χ2n) is 5.32. The normalized spacial score (nSPS) is 12.1. The van der Waals surface area contributed by atoms with Crippen LogP contribution < -0.4 is 5.46 Å². The maximum absolute atomic E-state index is 13.2. The van der Waals surface area contributed by atoms with Gasteiger partial charge in [0.05, 0.1) is 22.8 Å². The molecule has 0 bridgehead atoms. The van der Waals surface area contributed by atoms with E-state index in [-0.39, 0.29) is 13.0 Å². The zero-order valence-corrected chi connectivity index (χ0v) is 11.1. The molecule has 1 aromatic carbocycles. The highest BCUT2D eigenvalue weighted by Crippen LogP contribution is 2.24. The first-order valence-corrected chi connectivity index (χ1v) is 5.71. The van der Waals surface area contributed by atoms with Crippen molar-refractivity contribution in [1.82, 2.24) is 0 Å². The summed E-state index contributed by atoms with van der Waals surface area (Å²) in [7, 11) is 0.142. The van der Waals surface area contributed by atoms with E-state index in [2.05, 4.69) is 0 Å². The van der Waals surface area contributed by atoms with Gasteiger partial charge >= 0.3 is 7.48 Å². The molecule has 0 aromatic heterocycles. The van der Waals surface area contributed by atoms with E-state index in [4.69, 9.17) is 9.92 Å². The molecule has 0 aliphatic carbocycles. The second kappa shape index (κ2) is 5.09. The van der Waals surface area contributed by atoms with Crippen LogP contribution in [0, 0.1) is 17.1 Å². The van der Waals surface area contributed by atoms with Gasteiger partial charge in [-0.3, -0.25) is 0 Å². The Hall–Kier alpha value is -1.38. The molecule has 0 atom stereocenters. The highest BCUT2D eigenvalue weighted by Gasteiger charge is 2.35. The molecule has 96 valence electrons. The van der Waals surface area contributed by atoms with Crippen molar-refractivity contribution >= 4 is 12.9 Å². The fraction of sp³-hybridized carbons (Fsp3) is 0.462. The van der Waals surface area contributed by atoms with E-state index in [1.54, 1.807) is 33.8 Å². The average Bonchev–Trinajstić information content (AvgIpc) is 2.24. The van der Waals surface area contributed by atoms with Gasteiger partial charge < -0.3 is 9.76 Å². The molecular weight excluding hydrogens is 232 g/mol. The molecule has 18 heavy (non-hydrogen) atoms. The molecule has 0 aliphatic heterocycles. The highest BCUT2D eigenvalue weighted by atomic mass is 19.1. The van der Waals surface area contributed by atoms with Crippen molar-refractivity contribution in [3.8, 4) is 6.07 Å². The molecule has 1 aromatic rings. The zero-order valence-electron chi connectivity index (χ0n) is 11.1. The van der Waals surface area contributed by atoms with Gasteiger partial charge in [-0.2, -0.15) is 5.26 Å². The van der Waals surface area contributed by atoms with E-state index in [0.717, 1.165) is 0 Å². The Morgan fingerprint density at radius 1 is 1.28 bits per heavy atom. The SMILES string of the molecule is CC(C)(O)C(C)(C)OBc1cc(F)cc(C#N)c1. The molecule has 5 heteroatoms. The molecule has 0 saturated carbocycles. The van der Waals surface area contributed by atoms with Crippen molar-refractivity contribution < 1.29 is 14.2 Å². The highest BCUT2D eigenvalue weighted by molar-refractivity contribution is 6.47. The predicted octanol–water partition coefficient (Wildman–Crippen LogP) is 1.24. The Morgan fingerprint density at radius 3 is 2.39 bits per heavy atom. The summed E-state index contributed by atoms with van der Waals surface area (Å²) in [5.41, 5.74) is -0.955. The lowest BCUT2D eigenvalue weighted by atomic mass is 9.82. The monoisotopic (exact) mass is 249 g/mol. The number of halogens is 1. The van der Waals surface area contributed by atoms with Crippen LogP contribution in [0.4, 0.5) is 4.39 Å². The second-order valence-corrected chi connectivity index (χ2v) is 5.32. The quantitative estimate of drug-likeness (QED) is 0.817. The Morgan fingerprint density at radius 2 is 1.89 bits per heavy atom. The van der Waals surface area contributed by atoms with Crippen molar-refractivity contribution in [2.75, 3.05) is 0 Å². The fourth-order valence-electron chi connectivity index (χ4n) is 1.24. The Labute approximate surface area is 107 Å². The minimum atomic E-state index is -1.02. The lowest BCUT2D eigenvalue weighted by Gasteiger charge is -2.37. The summed E-state index contributed by atoms with van der Waals surface area (Å²) < 4.78 is 18.8. The van der Waals surface area contributed by atoms with Gasteiger partial charge in [-0.15, -0.1) is 0 Å². The molecular formula is C13H17BFNO2. The zero-order chi connectivity index (χ0) is 14.0. The summed E-state index contributed by atoms with van der Waals surface area (Å²) in [5, 5.41) is 18.7. The van der Waals surface area contributed by atoms with E-state index in [0.29, 0.717) is 5.46 Å². The number of hydrogen-bond acceptors (Lipinski definition) is 3. The summed E-state index contributed by atoms with van der Waals surface area (Å²) in [6.45, 7) is 6.83. The number of nitriles is 1. The van der Waals surface area contributed by atoms with Crippen LogP contribution in [0.2, 0.25) is 0 Å².